The van der Waals surface area contributed by atoms with E-state index >= 15 is 0 Å². The van der Waals surface area contributed by atoms with Gasteiger partial charge in [0.25, 0.3) is 0 Å². The fraction of sp³-hybridized carbons (Fsp3) is 0.562. The second-order valence-electron chi connectivity index (χ2n) is 7.01. The lowest BCUT2D eigenvalue weighted by Crippen LogP contribution is -2.52. The average Bonchev–Trinajstić information content (AvgIpc) is 3.10. The van der Waals surface area contributed by atoms with Crippen LogP contribution in [0.1, 0.15) is 33.9 Å². The Balaban J connectivity index is 1.87. The van der Waals surface area contributed by atoms with Crippen LogP contribution >= 0.6 is 11.6 Å². The number of hydrogen-bond acceptors (Lipinski definition) is 6. The maximum atomic E-state index is 11.8. The van der Waals surface area contributed by atoms with E-state index in [1.54, 1.807) is 6.92 Å². The number of carbonyl (C=O) groups excluding carboxylic acids is 1. The Hall–Kier alpha value is -1.54. The number of carbonyl (C=O) groups is 1. The molecule has 2 aromatic heterocycles. The van der Waals surface area contributed by atoms with E-state index in [-0.39, 0.29) is 0 Å². The number of aldehydes is 1. The van der Waals surface area contributed by atoms with Crippen molar-refractivity contribution in [2.45, 2.75) is 57.0 Å². The van der Waals surface area contributed by atoms with E-state index in [1.807, 2.05) is 37.6 Å². The number of fused-ring (bicyclic) bond motifs is 2. The lowest BCUT2D eigenvalue weighted by atomic mass is 9.85. The maximum absolute atomic E-state index is 11.8. The quantitative estimate of drug-likeness (QED) is 0.611. The molecule has 2 aliphatic heterocycles. The number of aromatic nitrogens is 3. The van der Waals surface area contributed by atoms with Gasteiger partial charge in [-0.15, -0.1) is 0 Å². The first-order valence-corrected chi connectivity index (χ1v) is 8.08. The second-order valence-corrected chi connectivity index (χ2v) is 7.36. The summed E-state index contributed by atoms with van der Waals surface area (Å²) < 4.78 is 20.1. The summed E-state index contributed by atoms with van der Waals surface area (Å²) in [6, 6.07) is 1.82. The van der Waals surface area contributed by atoms with Crippen molar-refractivity contribution in [2.24, 2.45) is 0 Å². The molecule has 2 fully saturated rings. The Kier molecular flexibility index (Phi) is 3.16. The van der Waals surface area contributed by atoms with Crippen LogP contribution in [0.4, 0.5) is 0 Å². The molecule has 0 aliphatic carbocycles. The lowest BCUT2D eigenvalue weighted by molar-refractivity contribution is -0.227. The lowest BCUT2D eigenvalue weighted by Gasteiger charge is -2.33. The minimum absolute atomic E-state index is 0.363. The smallest absolute Gasteiger partial charge is 0.166 e. The molecule has 4 rings (SSSR count). The highest BCUT2D eigenvalue weighted by molar-refractivity contribution is 6.33. The van der Waals surface area contributed by atoms with Crippen molar-refractivity contribution in [1.29, 1.82) is 0 Å². The van der Waals surface area contributed by atoms with Gasteiger partial charge in [-0.3, -0.25) is 0 Å². The fourth-order valence-electron chi connectivity index (χ4n) is 3.65. The molecule has 0 radical (unpaired) electrons. The van der Waals surface area contributed by atoms with E-state index in [1.165, 1.54) is 6.33 Å². The molecule has 128 valence electrons. The standard InChI is InChI=1S/C16H18ClN3O4/c1-14(2)22-10-13(23-15(3,7-21)16(10,4)24-14)20-6-5-9-11(17)18-8-19-12(9)20/h5-8,10,13H,1-4H3/t10-,13+,15+,16-/m0/s1. The van der Waals surface area contributed by atoms with Gasteiger partial charge in [0.15, 0.2) is 23.9 Å². The molecule has 2 aliphatic rings. The Morgan fingerprint density at radius 1 is 1.25 bits per heavy atom. The summed E-state index contributed by atoms with van der Waals surface area (Å²) in [4.78, 5) is 20.1. The molecule has 0 saturated carbocycles. The van der Waals surface area contributed by atoms with Crippen LogP contribution in [0.2, 0.25) is 5.15 Å². The third-order valence-corrected chi connectivity index (χ3v) is 5.28. The number of ether oxygens (including phenoxy) is 3. The zero-order valence-corrected chi connectivity index (χ0v) is 14.6. The molecule has 0 N–H and O–H groups in total. The third kappa shape index (κ3) is 1.92. The van der Waals surface area contributed by atoms with E-state index in [0.717, 1.165) is 6.29 Å². The number of nitrogens with zero attached hydrogens (tertiary/aromatic N) is 3. The van der Waals surface area contributed by atoms with Crippen molar-refractivity contribution >= 4 is 28.9 Å². The van der Waals surface area contributed by atoms with Crippen molar-refractivity contribution in [3.63, 3.8) is 0 Å². The van der Waals surface area contributed by atoms with Gasteiger partial charge in [0.2, 0.25) is 0 Å². The molecule has 7 nitrogen and oxygen atoms in total. The fourth-order valence-corrected chi connectivity index (χ4v) is 3.84. The summed E-state index contributed by atoms with van der Waals surface area (Å²) in [7, 11) is 0. The number of halogens is 1. The summed E-state index contributed by atoms with van der Waals surface area (Å²) in [5.74, 6) is -0.818. The molecular formula is C16H18ClN3O4. The molecule has 8 heteroatoms. The molecule has 0 amide bonds. The van der Waals surface area contributed by atoms with E-state index < -0.39 is 29.3 Å². The van der Waals surface area contributed by atoms with Gasteiger partial charge >= 0.3 is 0 Å². The van der Waals surface area contributed by atoms with Crippen molar-refractivity contribution < 1.29 is 19.0 Å². The molecule has 4 atom stereocenters. The highest BCUT2D eigenvalue weighted by Crippen LogP contribution is 2.54. The monoisotopic (exact) mass is 351 g/mol. The Morgan fingerprint density at radius 3 is 2.71 bits per heavy atom. The van der Waals surface area contributed by atoms with Crippen LogP contribution in [0.5, 0.6) is 0 Å². The van der Waals surface area contributed by atoms with Crippen LogP contribution in [0.15, 0.2) is 18.6 Å². The normalized spacial score (nSPS) is 37.7. The van der Waals surface area contributed by atoms with Crippen molar-refractivity contribution in [3.8, 4) is 0 Å². The van der Waals surface area contributed by atoms with Gasteiger partial charge < -0.3 is 23.6 Å². The predicted octanol–water partition coefficient (Wildman–Crippen LogP) is 2.48. The Labute approximate surface area is 143 Å². The average molecular weight is 352 g/mol. The van der Waals surface area contributed by atoms with Gasteiger partial charge in [-0.1, -0.05) is 11.6 Å². The first-order chi connectivity index (χ1) is 11.2. The largest absolute Gasteiger partial charge is 0.339 e. The zero-order valence-electron chi connectivity index (χ0n) is 13.8. The summed E-state index contributed by atoms with van der Waals surface area (Å²) in [5, 5.41) is 1.07. The number of hydrogen-bond donors (Lipinski definition) is 0. The molecule has 4 heterocycles. The van der Waals surface area contributed by atoms with Gasteiger partial charge in [-0.25, -0.2) is 9.97 Å². The molecular weight excluding hydrogens is 334 g/mol. The van der Waals surface area contributed by atoms with Gasteiger partial charge in [0.1, 0.15) is 28.8 Å². The minimum Gasteiger partial charge on any atom is -0.339 e. The van der Waals surface area contributed by atoms with E-state index in [4.69, 9.17) is 25.8 Å². The van der Waals surface area contributed by atoms with Gasteiger partial charge in [0.05, 0.1) is 5.39 Å². The topological polar surface area (TPSA) is 75.5 Å². The number of rotatable bonds is 2. The van der Waals surface area contributed by atoms with E-state index in [2.05, 4.69) is 9.97 Å². The molecule has 0 unspecified atom stereocenters. The SMILES string of the molecule is CC1(C)O[C@H]2[C@H](n3ccc4c(Cl)ncnc43)O[C@](C)(C=O)[C@@]2(C)O1. The van der Waals surface area contributed by atoms with Crippen LogP contribution in [0.25, 0.3) is 11.0 Å². The highest BCUT2D eigenvalue weighted by Gasteiger charge is 2.69. The van der Waals surface area contributed by atoms with Crippen LogP contribution in [-0.4, -0.2) is 43.9 Å². The first kappa shape index (κ1) is 16.0. The third-order valence-electron chi connectivity index (χ3n) is 4.98. The Morgan fingerprint density at radius 2 is 2.00 bits per heavy atom. The maximum Gasteiger partial charge on any atom is 0.166 e. The predicted molar refractivity (Wildman–Crippen MR) is 85.6 cm³/mol. The van der Waals surface area contributed by atoms with Crippen molar-refractivity contribution in [3.05, 3.63) is 23.7 Å². The van der Waals surface area contributed by atoms with Crippen molar-refractivity contribution in [1.82, 2.24) is 14.5 Å². The summed E-state index contributed by atoms with van der Waals surface area (Å²) in [5.41, 5.74) is -1.45. The van der Waals surface area contributed by atoms with Crippen LogP contribution in [0.3, 0.4) is 0 Å². The molecule has 2 saturated heterocycles. The molecule has 2 aromatic rings. The molecule has 0 bridgehead atoms. The minimum atomic E-state index is -1.15. The van der Waals surface area contributed by atoms with E-state index in [9.17, 15) is 4.79 Å². The Bertz CT molecular complexity index is 838. The molecule has 0 aromatic carbocycles. The molecule has 0 spiro atoms. The second kappa shape index (κ2) is 4.76. The van der Waals surface area contributed by atoms with Gasteiger partial charge in [-0.05, 0) is 33.8 Å². The van der Waals surface area contributed by atoms with Gasteiger partial charge in [-0.2, -0.15) is 0 Å². The summed E-state index contributed by atoms with van der Waals surface area (Å²) in [6.07, 6.45) is 2.92. The van der Waals surface area contributed by atoms with Crippen LogP contribution < -0.4 is 0 Å². The summed E-state index contributed by atoms with van der Waals surface area (Å²) >= 11 is 6.13. The first-order valence-electron chi connectivity index (χ1n) is 7.70. The highest BCUT2D eigenvalue weighted by atomic mass is 35.5. The van der Waals surface area contributed by atoms with Gasteiger partial charge in [0, 0.05) is 6.20 Å². The van der Waals surface area contributed by atoms with Crippen molar-refractivity contribution in [2.75, 3.05) is 0 Å². The summed E-state index contributed by atoms with van der Waals surface area (Å²) in [6.45, 7) is 7.21. The van der Waals surface area contributed by atoms with Crippen LogP contribution in [0, 0.1) is 0 Å². The molecule has 24 heavy (non-hydrogen) atoms. The zero-order chi connectivity index (χ0) is 17.3. The van der Waals surface area contributed by atoms with Crippen LogP contribution in [-0.2, 0) is 19.0 Å². The van der Waals surface area contributed by atoms with E-state index in [0.29, 0.717) is 16.2 Å².